The van der Waals surface area contributed by atoms with Crippen LogP contribution in [0.4, 0.5) is 0 Å². The fourth-order valence-electron chi connectivity index (χ4n) is 2.63. The summed E-state index contributed by atoms with van der Waals surface area (Å²) in [6.45, 7) is 5.42. The molecule has 0 radical (unpaired) electrons. The van der Waals surface area contributed by atoms with E-state index in [-0.39, 0.29) is 30.6 Å². The molecule has 3 rings (SSSR count). The number of hydrogen-bond acceptors (Lipinski definition) is 4. The van der Waals surface area contributed by atoms with Crippen molar-refractivity contribution in [2.45, 2.75) is 31.9 Å². The van der Waals surface area contributed by atoms with E-state index in [0.717, 1.165) is 5.56 Å². The lowest BCUT2D eigenvalue weighted by Gasteiger charge is -2.24. The summed E-state index contributed by atoms with van der Waals surface area (Å²) in [4.78, 5) is 26.8. The van der Waals surface area contributed by atoms with E-state index < -0.39 is 0 Å². The quantitative estimate of drug-likeness (QED) is 0.892. The van der Waals surface area contributed by atoms with Crippen LogP contribution in [-0.4, -0.2) is 48.6 Å². The molecule has 20 heavy (non-hydrogen) atoms. The van der Waals surface area contributed by atoms with Crippen LogP contribution in [0.15, 0.2) is 11.4 Å². The Hall–Kier alpha value is -1.40. The molecule has 1 aromatic rings. The third-order valence-corrected chi connectivity index (χ3v) is 5.00. The highest BCUT2D eigenvalue weighted by Gasteiger charge is 2.40. The lowest BCUT2D eigenvalue weighted by molar-refractivity contribution is -0.134. The monoisotopic (exact) mass is 294 g/mol. The molecule has 2 saturated heterocycles. The van der Waals surface area contributed by atoms with Gasteiger partial charge in [-0.3, -0.25) is 9.59 Å². The second-order valence-electron chi connectivity index (χ2n) is 5.63. The number of rotatable bonds is 2. The molecule has 1 aromatic heterocycles. The fraction of sp³-hybridized carbons (Fsp3) is 0.571. The zero-order valence-corrected chi connectivity index (χ0v) is 12.4. The van der Waals surface area contributed by atoms with Gasteiger partial charge in [0, 0.05) is 23.3 Å². The van der Waals surface area contributed by atoms with Gasteiger partial charge in [0.1, 0.15) is 6.61 Å². The first-order valence-corrected chi connectivity index (χ1v) is 7.71. The molecule has 0 spiro atoms. The minimum Gasteiger partial charge on any atom is -0.364 e. The summed E-state index contributed by atoms with van der Waals surface area (Å²) in [5, 5.41) is 4.80. The maximum Gasteiger partial charge on any atom is 0.254 e. The Morgan fingerprint density at radius 3 is 3.00 bits per heavy atom. The smallest absolute Gasteiger partial charge is 0.254 e. The minimum atomic E-state index is -0.0989. The molecule has 6 heteroatoms. The summed E-state index contributed by atoms with van der Waals surface area (Å²) >= 11 is 1.62. The van der Waals surface area contributed by atoms with Crippen molar-refractivity contribution in [2.75, 3.05) is 19.7 Å². The van der Waals surface area contributed by atoms with E-state index in [0.29, 0.717) is 19.0 Å². The maximum absolute atomic E-state index is 12.5. The standard InChI is InChI=1S/C14H18N2O3S/c1-8(2)12-3-9(7-20-12)14(18)16-4-10-11(5-16)19-6-13(17)15-10/h3,7-8,10-11H,4-6H2,1-2H3,(H,15,17)/t10-,11-/m0/s1. The van der Waals surface area contributed by atoms with Gasteiger partial charge in [0.15, 0.2) is 0 Å². The van der Waals surface area contributed by atoms with Gasteiger partial charge in [-0.05, 0) is 12.0 Å². The number of hydrogen-bond donors (Lipinski definition) is 1. The largest absolute Gasteiger partial charge is 0.364 e. The van der Waals surface area contributed by atoms with Gasteiger partial charge < -0.3 is 15.0 Å². The first kappa shape index (κ1) is 13.6. The van der Waals surface area contributed by atoms with E-state index >= 15 is 0 Å². The Morgan fingerprint density at radius 1 is 1.50 bits per heavy atom. The molecule has 2 fully saturated rings. The fourth-order valence-corrected chi connectivity index (χ4v) is 3.53. The summed E-state index contributed by atoms with van der Waals surface area (Å²) < 4.78 is 5.47. The zero-order valence-electron chi connectivity index (χ0n) is 11.6. The van der Waals surface area contributed by atoms with Gasteiger partial charge in [-0.2, -0.15) is 0 Å². The molecule has 0 unspecified atom stereocenters. The lowest BCUT2D eigenvalue weighted by Crippen LogP contribution is -2.50. The van der Waals surface area contributed by atoms with E-state index in [1.807, 2.05) is 11.4 Å². The van der Waals surface area contributed by atoms with Crippen molar-refractivity contribution in [3.05, 3.63) is 21.9 Å². The normalized spacial score (nSPS) is 25.8. The highest BCUT2D eigenvalue weighted by atomic mass is 32.1. The van der Waals surface area contributed by atoms with Crippen LogP contribution in [-0.2, 0) is 9.53 Å². The number of carbonyl (C=O) groups excluding carboxylic acids is 2. The van der Waals surface area contributed by atoms with E-state index in [9.17, 15) is 9.59 Å². The minimum absolute atomic E-state index is 0.0281. The first-order chi connectivity index (χ1) is 9.54. The SMILES string of the molecule is CC(C)c1cc(C(=O)N2C[C@@H]3NC(=O)CO[C@H]3C2)cs1. The Balaban J connectivity index is 1.70. The predicted octanol–water partition coefficient (Wildman–Crippen LogP) is 1.21. The summed E-state index contributed by atoms with van der Waals surface area (Å²) in [5.74, 6) is 0.365. The Kier molecular flexibility index (Phi) is 3.52. The van der Waals surface area contributed by atoms with Crippen LogP contribution >= 0.6 is 11.3 Å². The van der Waals surface area contributed by atoms with Crippen LogP contribution in [0.2, 0.25) is 0 Å². The zero-order chi connectivity index (χ0) is 14.3. The van der Waals surface area contributed by atoms with Crippen molar-refractivity contribution in [1.82, 2.24) is 10.2 Å². The van der Waals surface area contributed by atoms with Gasteiger partial charge >= 0.3 is 0 Å². The molecule has 2 aliphatic heterocycles. The number of likely N-dealkylation sites (tertiary alicyclic amines) is 1. The molecule has 1 N–H and O–H groups in total. The van der Waals surface area contributed by atoms with Crippen LogP contribution in [0.1, 0.15) is 35.0 Å². The van der Waals surface area contributed by atoms with Gasteiger partial charge in [0.2, 0.25) is 5.91 Å². The molecular formula is C14H18N2O3S. The topological polar surface area (TPSA) is 58.6 Å². The van der Waals surface area contributed by atoms with E-state index in [1.54, 1.807) is 16.2 Å². The van der Waals surface area contributed by atoms with Crippen molar-refractivity contribution in [3.63, 3.8) is 0 Å². The molecule has 5 nitrogen and oxygen atoms in total. The Labute approximate surface area is 121 Å². The molecule has 0 aliphatic carbocycles. The number of fused-ring (bicyclic) bond motifs is 1. The highest BCUT2D eigenvalue weighted by Crippen LogP contribution is 2.25. The number of nitrogens with one attached hydrogen (secondary N) is 1. The molecule has 3 heterocycles. The molecule has 2 amide bonds. The predicted molar refractivity (Wildman–Crippen MR) is 76.0 cm³/mol. The maximum atomic E-state index is 12.5. The summed E-state index contributed by atoms with van der Waals surface area (Å²) in [7, 11) is 0. The first-order valence-electron chi connectivity index (χ1n) is 6.83. The molecule has 2 aliphatic rings. The van der Waals surface area contributed by atoms with Crippen LogP contribution in [0.3, 0.4) is 0 Å². The Bertz CT molecular complexity index is 540. The molecular weight excluding hydrogens is 276 g/mol. The van der Waals surface area contributed by atoms with Crippen molar-refractivity contribution in [1.29, 1.82) is 0 Å². The van der Waals surface area contributed by atoms with Crippen molar-refractivity contribution in [2.24, 2.45) is 0 Å². The number of morpholine rings is 1. The average Bonchev–Trinajstić information content (AvgIpc) is 3.03. The van der Waals surface area contributed by atoms with Crippen molar-refractivity contribution >= 4 is 23.2 Å². The molecule has 0 saturated carbocycles. The van der Waals surface area contributed by atoms with Gasteiger partial charge in [0.05, 0.1) is 17.7 Å². The van der Waals surface area contributed by atoms with Crippen LogP contribution in [0, 0.1) is 0 Å². The van der Waals surface area contributed by atoms with Gasteiger partial charge in [-0.25, -0.2) is 0 Å². The highest BCUT2D eigenvalue weighted by molar-refractivity contribution is 7.10. The second kappa shape index (κ2) is 5.18. The summed E-state index contributed by atoms with van der Waals surface area (Å²) in [6, 6.07) is 1.91. The van der Waals surface area contributed by atoms with Crippen molar-refractivity contribution in [3.8, 4) is 0 Å². The average molecular weight is 294 g/mol. The van der Waals surface area contributed by atoms with Crippen LogP contribution in [0.5, 0.6) is 0 Å². The van der Waals surface area contributed by atoms with Gasteiger partial charge in [0.25, 0.3) is 5.91 Å². The molecule has 108 valence electrons. The summed E-state index contributed by atoms with van der Waals surface area (Å²) in [5.41, 5.74) is 0.740. The van der Waals surface area contributed by atoms with Gasteiger partial charge in [-0.1, -0.05) is 13.8 Å². The molecule has 0 aromatic carbocycles. The number of amides is 2. The number of nitrogens with zero attached hydrogens (tertiary/aromatic N) is 1. The second-order valence-corrected chi connectivity index (χ2v) is 6.57. The third kappa shape index (κ3) is 2.45. The molecule has 0 bridgehead atoms. The third-order valence-electron chi connectivity index (χ3n) is 3.76. The van der Waals surface area contributed by atoms with E-state index in [2.05, 4.69) is 19.2 Å². The van der Waals surface area contributed by atoms with Crippen LogP contribution in [0.25, 0.3) is 0 Å². The van der Waals surface area contributed by atoms with Gasteiger partial charge in [-0.15, -0.1) is 11.3 Å². The van der Waals surface area contributed by atoms with Crippen LogP contribution < -0.4 is 5.32 Å². The molecule has 2 atom stereocenters. The number of thiophene rings is 1. The summed E-state index contributed by atoms with van der Waals surface area (Å²) in [6.07, 6.45) is -0.0696. The number of carbonyl (C=O) groups is 2. The lowest BCUT2D eigenvalue weighted by atomic mass is 10.1. The Morgan fingerprint density at radius 2 is 2.30 bits per heavy atom. The van der Waals surface area contributed by atoms with E-state index in [1.165, 1.54) is 4.88 Å². The van der Waals surface area contributed by atoms with E-state index in [4.69, 9.17) is 4.74 Å². The number of ether oxygens (including phenoxy) is 1. The van der Waals surface area contributed by atoms with Crippen molar-refractivity contribution < 1.29 is 14.3 Å².